The van der Waals surface area contributed by atoms with Crippen molar-refractivity contribution in [3.63, 3.8) is 0 Å². The van der Waals surface area contributed by atoms with E-state index in [-0.39, 0.29) is 99.6 Å². The maximum Gasteiger partial charge on any atom is 1.00 e. The first-order valence-corrected chi connectivity index (χ1v) is 2.88. The van der Waals surface area contributed by atoms with E-state index in [2.05, 4.69) is 0 Å². The molecule has 0 saturated heterocycles. The van der Waals surface area contributed by atoms with Crippen LogP contribution in [0.25, 0.3) is 0 Å². The van der Waals surface area contributed by atoms with Crippen molar-refractivity contribution in [2.24, 2.45) is 0 Å². The number of hydrogen-bond acceptors (Lipinski definition) is 5. The van der Waals surface area contributed by atoms with Crippen LogP contribution in [0.4, 0.5) is 4.79 Å². The van der Waals surface area contributed by atoms with E-state index >= 15 is 0 Å². The van der Waals surface area contributed by atoms with Gasteiger partial charge in [0.25, 0.3) is 0 Å². The van der Waals surface area contributed by atoms with Gasteiger partial charge in [0.2, 0.25) is 6.16 Å². The second kappa shape index (κ2) is 24.5. The zero-order chi connectivity index (χ0) is 8.08. The molecule has 0 amide bonds. The molecule has 13 heteroatoms. The van der Waals surface area contributed by atoms with Crippen molar-refractivity contribution in [2.75, 3.05) is 0 Å². The standard InChI is InChI=1S/CH2O3.3Na.H3O4P.2H2O/c2-1(3)4;;;;1-5(2,3)4;;/h(H2,2,3,4);;;;(H3,1,2,3,4);2*1H2/q;3*+1;;;/p-3. The van der Waals surface area contributed by atoms with Gasteiger partial charge in [0.15, 0.2) is 0 Å². The molecule has 0 atom stereocenters. The van der Waals surface area contributed by atoms with E-state index in [9.17, 15) is 0 Å². The number of rotatable bonds is 0. The summed E-state index contributed by atoms with van der Waals surface area (Å²) >= 11 is 0. The van der Waals surface area contributed by atoms with E-state index < -0.39 is 14.0 Å². The molecule has 0 aliphatic rings. The summed E-state index contributed by atoms with van der Waals surface area (Å²) in [4.78, 5) is 32.7. The largest absolute Gasteiger partial charge is 1.00 e. The Morgan fingerprint density at radius 3 is 1.07 bits per heavy atom. The van der Waals surface area contributed by atoms with Crippen LogP contribution in [0.1, 0.15) is 0 Å². The van der Waals surface area contributed by atoms with E-state index in [4.69, 9.17) is 34.3 Å². The molecule has 9 nitrogen and oxygen atoms in total. The van der Waals surface area contributed by atoms with E-state index in [1.54, 1.807) is 0 Å². The van der Waals surface area contributed by atoms with Crippen LogP contribution in [0, 0.1) is 0 Å². The minimum Gasteiger partial charge on any atom is -0.790 e. The molecule has 0 unspecified atom stereocenters. The topological polar surface area (TPSA) is 207 Å². The van der Waals surface area contributed by atoms with Crippen LogP contribution in [0.2, 0.25) is 0 Å². The van der Waals surface area contributed by atoms with Gasteiger partial charge in [0, 0.05) is 0 Å². The van der Waals surface area contributed by atoms with Gasteiger partial charge in [-0.1, -0.05) is 0 Å². The molecule has 72 valence electrons. The summed E-state index contributed by atoms with van der Waals surface area (Å²) < 4.78 is 8.66. The van der Waals surface area contributed by atoms with Gasteiger partial charge >= 0.3 is 88.7 Å². The minimum absolute atomic E-state index is 0. The van der Waals surface area contributed by atoms with Gasteiger partial charge in [-0.2, -0.15) is 0 Å². The van der Waals surface area contributed by atoms with Gasteiger partial charge < -0.3 is 45.2 Å². The Morgan fingerprint density at radius 1 is 1.07 bits per heavy atom. The molecular weight excluding hydrogens is 256 g/mol. The Kier molecular flexibility index (Phi) is 77.2. The second-order valence-corrected chi connectivity index (χ2v) is 1.67. The molecule has 0 aliphatic carbocycles. The third-order valence-electron chi connectivity index (χ3n) is 0. The molecule has 14 heavy (non-hydrogen) atoms. The van der Waals surface area contributed by atoms with Gasteiger partial charge in [-0.3, -0.25) is 0 Å². The fourth-order valence-electron chi connectivity index (χ4n) is 0. The molecule has 0 aromatic heterocycles. The van der Waals surface area contributed by atoms with Gasteiger partial charge in [0.05, 0.1) is 7.82 Å². The summed E-state index contributed by atoms with van der Waals surface area (Å²) in [6, 6.07) is 0. The van der Waals surface area contributed by atoms with Crippen molar-refractivity contribution >= 4 is 14.0 Å². The SMILES string of the molecule is O.O.O=C([O-])O.O=P([O-])([O-])O.[Na+].[Na+].[Na+]. The van der Waals surface area contributed by atoms with Crippen LogP contribution >= 0.6 is 7.82 Å². The Bertz CT molecular complexity index is 120. The number of carboxylic acid groups (broad SMARTS) is 2. The van der Waals surface area contributed by atoms with Gasteiger partial charge in [-0.05, 0) is 0 Å². The number of phosphoric acid groups is 1. The summed E-state index contributed by atoms with van der Waals surface area (Å²) in [5, 5.41) is 15.3. The minimum atomic E-state index is -5.14. The van der Waals surface area contributed by atoms with Crippen molar-refractivity contribution in [1.82, 2.24) is 0 Å². The summed E-state index contributed by atoms with van der Waals surface area (Å²) in [5.74, 6) is 0. The fraction of sp³-hybridized carbons (Fsp3) is 0. The molecule has 0 bridgehead atoms. The van der Waals surface area contributed by atoms with Crippen LogP contribution < -0.4 is 104 Å². The Morgan fingerprint density at radius 2 is 1.07 bits per heavy atom. The Labute approximate surface area is 146 Å². The third-order valence-corrected chi connectivity index (χ3v) is 0. The quantitative estimate of drug-likeness (QED) is 0.317. The smallest absolute Gasteiger partial charge is 0.790 e. The number of hydrogen-bond donors (Lipinski definition) is 2. The molecule has 0 rings (SSSR count). The van der Waals surface area contributed by atoms with Crippen LogP contribution in [-0.4, -0.2) is 27.1 Å². The van der Waals surface area contributed by atoms with Crippen molar-refractivity contribution in [3.8, 4) is 0 Å². The third kappa shape index (κ3) is 478. The monoisotopic (exact) mass is 262 g/mol. The molecule has 0 radical (unpaired) electrons. The zero-order valence-electron chi connectivity index (χ0n) is 7.88. The van der Waals surface area contributed by atoms with E-state index in [0.717, 1.165) is 0 Å². The first-order valence-electron chi connectivity index (χ1n) is 1.38. The Hall–Kier alpha value is 2.30. The average Bonchev–Trinajstić information content (AvgIpc) is 1.19. The van der Waals surface area contributed by atoms with Gasteiger partial charge in [-0.15, -0.1) is 0 Å². The zero-order valence-corrected chi connectivity index (χ0v) is 14.8. The van der Waals surface area contributed by atoms with E-state index in [1.807, 2.05) is 0 Å². The van der Waals surface area contributed by atoms with Crippen LogP contribution in [0.15, 0.2) is 0 Å². The normalized spacial score (nSPS) is 5.93. The molecule has 0 fully saturated rings. The first-order chi connectivity index (χ1) is 3.73. The molecule has 0 aromatic carbocycles. The van der Waals surface area contributed by atoms with Crippen molar-refractivity contribution in [1.29, 1.82) is 0 Å². The summed E-state index contributed by atoms with van der Waals surface area (Å²) in [5.41, 5.74) is 0. The molecule has 0 heterocycles. The summed E-state index contributed by atoms with van der Waals surface area (Å²) in [7, 11) is -5.14. The molecule has 0 spiro atoms. The van der Waals surface area contributed by atoms with Crippen molar-refractivity contribution in [3.05, 3.63) is 0 Å². The fourth-order valence-corrected chi connectivity index (χ4v) is 0. The maximum absolute atomic E-state index is 8.66. The van der Waals surface area contributed by atoms with Crippen molar-refractivity contribution in [2.45, 2.75) is 0 Å². The van der Waals surface area contributed by atoms with E-state index in [0.29, 0.717) is 0 Å². The first kappa shape index (κ1) is 44.1. The van der Waals surface area contributed by atoms with E-state index in [1.165, 1.54) is 0 Å². The molecule has 0 aliphatic heterocycles. The van der Waals surface area contributed by atoms with Crippen LogP contribution in [0.3, 0.4) is 0 Å². The predicted octanol–water partition coefficient (Wildman–Crippen LogP) is -13.9. The summed E-state index contributed by atoms with van der Waals surface area (Å²) in [6.07, 6.45) is -2.08. The molecule has 0 saturated carbocycles. The van der Waals surface area contributed by atoms with Crippen LogP contribution in [-0.2, 0) is 4.57 Å². The maximum atomic E-state index is 8.66. The molecular formula is CH6Na3O9P. The predicted molar refractivity (Wildman–Crippen MR) is 25.1 cm³/mol. The van der Waals surface area contributed by atoms with Crippen LogP contribution in [0.5, 0.6) is 0 Å². The Balaban J connectivity index is -0.0000000104. The van der Waals surface area contributed by atoms with Crippen molar-refractivity contribution < 1.29 is 134 Å². The average molecular weight is 262 g/mol. The number of carbonyl (C=O) groups is 1. The molecule has 0 aromatic rings. The molecule has 6 N–H and O–H groups in total. The van der Waals surface area contributed by atoms with Gasteiger partial charge in [-0.25, -0.2) is 0 Å². The summed E-state index contributed by atoms with van der Waals surface area (Å²) in [6.45, 7) is 0. The van der Waals surface area contributed by atoms with Gasteiger partial charge in [0.1, 0.15) is 0 Å². The second-order valence-electron chi connectivity index (χ2n) is 0.734.